The summed E-state index contributed by atoms with van der Waals surface area (Å²) in [6.45, 7) is 6.91. The van der Waals surface area contributed by atoms with Crippen LogP contribution in [0.25, 0.3) is 0 Å². The zero-order valence-electron chi connectivity index (χ0n) is 12.5. The number of hydrogen-bond donors (Lipinski definition) is 1. The molecule has 108 valence electrons. The number of benzene rings is 1. The van der Waals surface area contributed by atoms with Crippen LogP contribution in [-0.4, -0.2) is 20.3 Å². The first-order valence-electron chi connectivity index (χ1n) is 7.32. The molecule has 0 bridgehead atoms. The Balaban J connectivity index is 2.55. The van der Waals surface area contributed by atoms with Gasteiger partial charge in [0, 0.05) is 18.2 Å². The molecule has 0 saturated heterocycles. The second kappa shape index (κ2) is 9.68. The maximum absolute atomic E-state index is 5.90. The van der Waals surface area contributed by atoms with E-state index in [-0.39, 0.29) is 0 Å². The molecular formula is C16H27NO2. The molecule has 1 N–H and O–H groups in total. The number of hydrogen-bond acceptors (Lipinski definition) is 3. The normalized spacial score (nSPS) is 10.5. The number of ether oxygens (including phenoxy) is 2. The molecule has 3 heteroatoms. The van der Waals surface area contributed by atoms with Gasteiger partial charge in [-0.15, -0.1) is 0 Å². The van der Waals surface area contributed by atoms with Crippen molar-refractivity contribution < 1.29 is 9.47 Å². The Morgan fingerprint density at radius 1 is 1.11 bits per heavy atom. The Morgan fingerprint density at radius 2 is 1.95 bits per heavy atom. The van der Waals surface area contributed by atoms with Crippen LogP contribution in [0.1, 0.15) is 45.1 Å². The maximum Gasteiger partial charge on any atom is 0.127 e. The SMILES string of the molecule is CCCCCCOc1cc(OC)ccc1CNCC. The van der Waals surface area contributed by atoms with Crippen molar-refractivity contribution in [3.63, 3.8) is 0 Å². The van der Waals surface area contributed by atoms with Crippen LogP contribution in [0.5, 0.6) is 11.5 Å². The Kier molecular flexibility index (Phi) is 8.07. The van der Waals surface area contributed by atoms with E-state index >= 15 is 0 Å². The van der Waals surface area contributed by atoms with Gasteiger partial charge in [0.1, 0.15) is 11.5 Å². The summed E-state index contributed by atoms with van der Waals surface area (Å²) >= 11 is 0. The van der Waals surface area contributed by atoms with Gasteiger partial charge in [-0.05, 0) is 19.0 Å². The molecule has 1 rings (SSSR count). The minimum Gasteiger partial charge on any atom is -0.497 e. The molecule has 0 aliphatic rings. The van der Waals surface area contributed by atoms with Crippen LogP contribution in [0.15, 0.2) is 18.2 Å². The maximum atomic E-state index is 5.90. The third-order valence-electron chi connectivity index (χ3n) is 3.10. The van der Waals surface area contributed by atoms with Crippen LogP contribution in [0.3, 0.4) is 0 Å². The molecule has 0 atom stereocenters. The van der Waals surface area contributed by atoms with E-state index in [0.29, 0.717) is 0 Å². The van der Waals surface area contributed by atoms with E-state index in [1.165, 1.54) is 24.8 Å². The van der Waals surface area contributed by atoms with Gasteiger partial charge in [0.15, 0.2) is 0 Å². The summed E-state index contributed by atoms with van der Waals surface area (Å²) < 4.78 is 11.2. The summed E-state index contributed by atoms with van der Waals surface area (Å²) in [7, 11) is 1.68. The predicted octanol–water partition coefficient (Wildman–Crippen LogP) is 3.76. The molecule has 0 radical (unpaired) electrons. The largest absolute Gasteiger partial charge is 0.497 e. The van der Waals surface area contributed by atoms with Crippen LogP contribution in [0, 0.1) is 0 Å². The average molecular weight is 265 g/mol. The Hall–Kier alpha value is -1.22. The zero-order chi connectivity index (χ0) is 13.9. The van der Waals surface area contributed by atoms with Crippen molar-refractivity contribution in [3.8, 4) is 11.5 Å². The molecule has 0 fully saturated rings. The van der Waals surface area contributed by atoms with E-state index in [1.807, 2.05) is 12.1 Å². The standard InChI is InChI=1S/C16H27NO2/c1-4-6-7-8-11-19-16-12-15(18-3)10-9-14(16)13-17-5-2/h9-10,12,17H,4-8,11,13H2,1-3H3. The van der Waals surface area contributed by atoms with E-state index in [2.05, 4.69) is 25.2 Å². The minimum atomic E-state index is 0.784. The van der Waals surface area contributed by atoms with Crippen molar-refractivity contribution in [3.05, 3.63) is 23.8 Å². The van der Waals surface area contributed by atoms with E-state index < -0.39 is 0 Å². The molecule has 0 heterocycles. The lowest BCUT2D eigenvalue weighted by molar-refractivity contribution is 0.299. The third-order valence-corrected chi connectivity index (χ3v) is 3.10. The highest BCUT2D eigenvalue weighted by Crippen LogP contribution is 2.25. The number of methoxy groups -OCH3 is 1. The summed E-state index contributed by atoms with van der Waals surface area (Å²) in [6, 6.07) is 6.03. The number of rotatable bonds is 10. The van der Waals surface area contributed by atoms with Crippen molar-refractivity contribution in [1.82, 2.24) is 5.32 Å². The number of unbranched alkanes of at least 4 members (excludes halogenated alkanes) is 3. The summed E-state index contributed by atoms with van der Waals surface area (Å²) in [5.74, 6) is 1.79. The highest BCUT2D eigenvalue weighted by atomic mass is 16.5. The monoisotopic (exact) mass is 265 g/mol. The van der Waals surface area contributed by atoms with Gasteiger partial charge in [-0.2, -0.15) is 0 Å². The summed E-state index contributed by atoms with van der Waals surface area (Å²) in [5.41, 5.74) is 1.19. The second-order valence-corrected chi connectivity index (χ2v) is 4.66. The van der Waals surface area contributed by atoms with E-state index in [1.54, 1.807) is 7.11 Å². The van der Waals surface area contributed by atoms with Gasteiger partial charge >= 0.3 is 0 Å². The molecule has 0 unspecified atom stereocenters. The minimum absolute atomic E-state index is 0.784. The molecule has 0 aliphatic carbocycles. The Morgan fingerprint density at radius 3 is 2.63 bits per heavy atom. The Labute approximate surface area is 117 Å². The zero-order valence-corrected chi connectivity index (χ0v) is 12.5. The fourth-order valence-corrected chi connectivity index (χ4v) is 1.91. The van der Waals surface area contributed by atoms with Crippen LogP contribution in [-0.2, 0) is 6.54 Å². The average Bonchev–Trinajstić information content (AvgIpc) is 2.45. The summed E-state index contributed by atoms with van der Waals surface area (Å²) in [6.07, 6.45) is 4.89. The smallest absolute Gasteiger partial charge is 0.127 e. The fourth-order valence-electron chi connectivity index (χ4n) is 1.91. The molecule has 1 aromatic carbocycles. The van der Waals surface area contributed by atoms with E-state index in [0.717, 1.165) is 37.6 Å². The second-order valence-electron chi connectivity index (χ2n) is 4.66. The lowest BCUT2D eigenvalue weighted by Gasteiger charge is -2.13. The highest BCUT2D eigenvalue weighted by molar-refractivity contribution is 5.40. The molecule has 1 aromatic rings. The van der Waals surface area contributed by atoms with Crippen molar-refractivity contribution in [1.29, 1.82) is 0 Å². The van der Waals surface area contributed by atoms with Gasteiger partial charge in [0.05, 0.1) is 13.7 Å². The van der Waals surface area contributed by atoms with Crippen LogP contribution in [0.2, 0.25) is 0 Å². The van der Waals surface area contributed by atoms with Gasteiger partial charge in [0.2, 0.25) is 0 Å². The van der Waals surface area contributed by atoms with Crippen LogP contribution in [0.4, 0.5) is 0 Å². The fraction of sp³-hybridized carbons (Fsp3) is 0.625. The van der Waals surface area contributed by atoms with Crippen molar-refractivity contribution in [2.24, 2.45) is 0 Å². The molecule has 0 amide bonds. The van der Waals surface area contributed by atoms with Gasteiger partial charge in [-0.1, -0.05) is 39.2 Å². The van der Waals surface area contributed by atoms with Crippen LogP contribution >= 0.6 is 0 Å². The molecule has 0 aromatic heterocycles. The molecular weight excluding hydrogens is 238 g/mol. The first kappa shape index (κ1) is 15.8. The molecule has 0 aliphatic heterocycles. The van der Waals surface area contributed by atoms with Gasteiger partial charge in [-0.3, -0.25) is 0 Å². The highest BCUT2D eigenvalue weighted by Gasteiger charge is 2.05. The quantitative estimate of drug-likeness (QED) is 0.653. The van der Waals surface area contributed by atoms with E-state index in [4.69, 9.17) is 9.47 Å². The van der Waals surface area contributed by atoms with Gasteiger partial charge in [0.25, 0.3) is 0 Å². The van der Waals surface area contributed by atoms with Crippen molar-refractivity contribution >= 4 is 0 Å². The lowest BCUT2D eigenvalue weighted by atomic mass is 10.2. The molecule has 3 nitrogen and oxygen atoms in total. The molecule has 19 heavy (non-hydrogen) atoms. The summed E-state index contributed by atoms with van der Waals surface area (Å²) in [4.78, 5) is 0. The molecule has 0 spiro atoms. The third kappa shape index (κ3) is 5.97. The van der Waals surface area contributed by atoms with Gasteiger partial charge < -0.3 is 14.8 Å². The predicted molar refractivity (Wildman–Crippen MR) is 80.0 cm³/mol. The molecule has 0 saturated carbocycles. The Bertz CT molecular complexity index is 353. The topological polar surface area (TPSA) is 30.5 Å². The first-order valence-corrected chi connectivity index (χ1v) is 7.32. The lowest BCUT2D eigenvalue weighted by Crippen LogP contribution is -2.13. The van der Waals surface area contributed by atoms with Crippen LogP contribution < -0.4 is 14.8 Å². The van der Waals surface area contributed by atoms with Crippen molar-refractivity contribution in [2.75, 3.05) is 20.3 Å². The van der Waals surface area contributed by atoms with E-state index in [9.17, 15) is 0 Å². The van der Waals surface area contributed by atoms with Gasteiger partial charge in [-0.25, -0.2) is 0 Å². The van der Waals surface area contributed by atoms with Crippen molar-refractivity contribution in [2.45, 2.75) is 46.1 Å². The summed E-state index contributed by atoms with van der Waals surface area (Å²) in [5, 5.41) is 3.33. The first-order chi connectivity index (χ1) is 9.31. The number of nitrogens with one attached hydrogen (secondary N) is 1.